The number of carbonyl (C=O) groups is 1. The van der Waals surface area contributed by atoms with Crippen molar-refractivity contribution in [2.24, 2.45) is 5.73 Å². The molecule has 0 bridgehead atoms. The lowest BCUT2D eigenvalue weighted by Crippen LogP contribution is -2.22. The number of nitrogens with one attached hydrogen (secondary N) is 1. The van der Waals surface area contributed by atoms with Gasteiger partial charge in [-0.1, -0.05) is 35.3 Å². The van der Waals surface area contributed by atoms with Crippen LogP contribution in [0.4, 0.5) is 26.3 Å². The molecule has 0 saturated heterocycles. The summed E-state index contributed by atoms with van der Waals surface area (Å²) < 4.78 is 21.3. The van der Waals surface area contributed by atoms with E-state index in [1.54, 1.807) is 12.1 Å². The lowest BCUT2D eigenvalue weighted by atomic mass is 10.2. The predicted octanol–water partition coefficient (Wildman–Crippen LogP) is 5.84. The van der Waals surface area contributed by atoms with Crippen molar-refractivity contribution in [2.75, 3.05) is 50.6 Å². The largest absolute Gasteiger partial charge is 0.491 e. The van der Waals surface area contributed by atoms with Crippen molar-refractivity contribution < 1.29 is 19.0 Å². The van der Waals surface area contributed by atoms with Crippen LogP contribution in [-0.4, -0.2) is 76.5 Å². The van der Waals surface area contributed by atoms with Crippen LogP contribution in [0.2, 0.25) is 0 Å². The van der Waals surface area contributed by atoms with Gasteiger partial charge in [-0.25, -0.2) is 19.2 Å². The van der Waals surface area contributed by atoms with Gasteiger partial charge in [0.15, 0.2) is 39.2 Å². The number of carboxylic acid groups (broad SMARTS) is 1. The number of hydrogen-bond donors (Lipinski definition) is 3. The molecule has 11 nitrogen and oxygen atoms in total. The maximum atomic E-state index is 14.6. The first-order valence-electron chi connectivity index (χ1n) is 14.9. The fourth-order valence-corrected chi connectivity index (χ4v) is 6.51. The fourth-order valence-electron chi connectivity index (χ4n) is 4.51. The standard InChI is InChI=1S/C33H35FN8O3S2/c1-21-19-28(39-40-30(21)38-32-36-24-10-4-5-11-26(24)46-32)42(17-8-15-35)33-37-29(31(43)44)27(47-33)12-7-18-45-25-14-13-22(20-23(25)34)9-6-16-41(2)3/h4-5,10-11,13-14,19-20H,7-8,12,15-18,35H2,1-3H3,(H,43,44)(H,36,38,40). The SMILES string of the molecule is Cc1cc(N(CCCN)c2nc(C(=O)O)c(CCCOc3ccc(C#CCN(C)C)cc3F)s2)nnc1Nc1nc2ccccc2s1. The van der Waals surface area contributed by atoms with Gasteiger partial charge in [-0.05, 0) is 88.8 Å². The number of aromatic carboxylic acids is 1. The molecule has 4 N–H and O–H groups in total. The van der Waals surface area contributed by atoms with E-state index >= 15 is 0 Å². The molecule has 0 radical (unpaired) electrons. The van der Waals surface area contributed by atoms with Crippen LogP contribution < -0.4 is 20.7 Å². The second kappa shape index (κ2) is 15.7. The van der Waals surface area contributed by atoms with E-state index in [1.165, 1.54) is 28.7 Å². The second-order valence-electron chi connectivity index (χ2n) is 10.8. The van der Waals surface area contributed by atoms with E-state index in [4.69, 9.17) is 10.5 Å². The van der Waals surface area contributed by atoms with Crippen LogP contribution in [0.15, 0.2) is 48.5 Å². The van der Waals surface area contributed by atoms with Crippen LogP contribution in [0.5, 0.6) is 5.75 Å². The molecule has 0 atom stereocenters. The average Bonchev–Trinajstić information content (AvgIpc) is 3.65. The van der Waals surface area contributed by atoms with Crippen LogP contribution in [0.25, 0.3) is 10.2 Å². The Morgan fingerprint density at radius 1 is 1.11 bits per heavy atom. The summed E-state index contributed by atoms with van der Waals surface area (Å²) in [5.41, 5.74) is 8.10. The molecule has 0 aliphatic heterocycles. The Kier molecular flexibility index (Phi) is 11.3. The number of benzene rings is 2. The highest BCUT2D eigenvalue weighted by atomic mass is 32.1. The predicted molar refractivity (Wildman–Crippen MR) is 185 cm³/mol. The zero-order valence-electron chi connectivity index (χ0n) is 26.3. The van der Waals surface area contributed by atoms with Crippen molar-refractivity contribution in [3.8, 4) is 17.6 Å². The fraction of sp³-hybridized carbons (Fsp3) is 0.303. The number of thiazole rings is 2. The first kappa shape index (κ1) is 33.7. The summed E-state index contributed by atoms with van der Waals surface area (Å²) in [6, 6.07) is 14.4. The summed E-state index contributed by atoms with van der Waals surface area (Å²) >= 11 is 2.80. The van der Waals surface area contributed by atoms with Gasteiger partial charge in [0.2, 0.25) is 0 Å². The maximum Gasteiger partial charge on any atom is 0.355 e. The average molecular weight is 675 g/mol. The molecule has 0 aliphatic rings. The number of nitrogens with two attached hydrogens (primary N) is 1. The Hall–Kier alpha value is -4.68. The molecule has 0 saturated carbocycles. The van der Waals surface area contributed by atoms with E-state index in [1.807, 2.05) is 61.2 Å². The molecule has 0 amide bonds. The Morgan fingerprint density at radius 2 is 1.94 bits per heavy atom. The molecule has 5 aromatic rings. The number of ether oxygens (including phenoxy) is 1. The number of carboxylic acids is 1. The van der Waals surface area contributed by atoms with Crippen LogP contribution in [0, 0.1) is 24.6 Å². The van der Waals surface area contributed by atoms with Crippen molar-refractivity contribution in [2.45, 2.75) is 26.2 Å². The molecule has 2 aromatic carbocycles. The van der Waals surface area contributed by atoms with Crippen molar-refractivity contribution in [1.82, 2.24) is 25.1 Å². The molecule has 14 heteroatoms. The first-order valence-corrected chi connectivity index (χ1v) is 16.6. The minimum Gasteiger partial charge on any atom is -0.491 e. The quantitative estimate of drug-likeness (QED) is 0.0965. The van der Waals surface area contributed by atoms with Crippen LogP contribution in [0.1, 0.15) is 39.3 Å². The lowest BCUT2D eigenvalue weighted by molar-refractivity contribution is 0.0690. The highest BCUT2D eigenvalue weighted by Gasteiger charge is 2.23. The van der Waals surface area contributed by atoms with E-state index in [2.05, 4.69) is 37.3 Å². The van der Waals surface area contributed by atoms with E-state index in [0.29, 0.717) is 71.2 Å². The van der Waals surface area contributed by atoms with Gasteiger partial charge < -0.3 is 25.8 Å². The van der Waals surface area contributed by atoms with Crippen molar-refractivity contribution >= 4 is 60.8 Å². The molecule has 0 spiro atoms. The van der Waals surface area contributed by atoms with Gasteiger partial charge in [0.1, 0.15) is 0 Å². The third-order valence-electron chi connectivity index (χ3n) is 6.84. The van der Waals surface area contributed by atoms with Gasteiger partial charge in [0.25, 0.3) is 0 Å². The Morgan fingerprint density at radius 3 is 2.66 bits per heavy atom. The number of aryl methyl sites for hydroxylation is 2. The van der Waals surface area contributed by atoms with Crippen LogP contribution in [0.3, 0.4) is 0 Å². The monoisotopic (exact) mass is 674 g/mol. The van der Waals surface area contributed by atoms with Gasteiger partial charge >= 0.3 is 5.97 Å². The summed E-state index contributed by atoms with van der Waals surface area (Å²) in [6.07, 6.45) is 1.47. The number of halogens is 1. The summed E-state index contributed by atoms with van der Waals surface area (Å²) in [7, 11) is 3.82. The van der Waals surface area contributed by atoms with Crippen molar-refractivity contribution in [1.29, 1.82) is 0 Å². The lowest BCUT2D eigenvalue weighted by Gasteiger charge is -2.21. The molecule has 0 unspecified atom stereocenters. The minimum atomic E-state index is -1.13. The first-order chi connectivity index (χ1) is 22.7. The number of aromatic nitrogens is 4. The molecule has 0 aliphatic carbocycles. The number of para-hydroxylation sites is 1. The van der Waals surface area contributed by atoms with E-state index in [9.17, 15) is 14.3 Å². The summed E-state index contributed by atoms with van der Waals surface area (Å²) in [5, 5.41) is 23.3. The number of fused-ring (bicyclic) bond motifs is 1. The summed E-state index contributed by atoms with van der Waals surface area (Å²) in [4.78, 5) is 25.6. The normalized spacial score (nSPS) is 11.0. The Balaban J connectivity index is 1.27. The van der Waals surface area contributed by atoms with Gasteiger partial charge in [-0.15, -0.1) is 21.5 Å². The van der Waals surface area contributed by atoms with Gasteiger partial charge in [-0.2, -0.15) is 0 Å². The molecule has 3 heterocycles. The highest BCUT2D eigenvalue weighted by molar-refractivity contribution is 7.22. The van der Waals surface area contributed by atoms with Gasteiger partial charge in [0, 0.05) is 17.0 Å². The molecular weight excluding hydrogens is 640 g/mol. The zero-order chi connectivity index (χ0) is 33.3. The van der Waals surface area contributed by atoms with E-state index in [0.717, 1.165) is 15.8 Å². The molecule has 3 aromatic heterocycles. The number of anilines is 4. The number of nitrogens with zero attached hydrogens (tertiary/aromatic N) is 6. The summed E-state index contributed by atoms with van der Waals surface area (Å²) in [5.74, 6) is 5.50. The van der Waals surface area contributed by atoms with Crippen LogP contribution in [-0.2, 0) is 6.42 Å². The minimum absolute atomic E-state index is 0.0339. The van der Waals surface area contributed by atoms with Crippen molar-refractivity contribution in [3.05, 3.63) is 76.0 Å². The molecule has 47 heavy (non-hydrogen) atoms. The third kappa shape index (κ3) is 8.78. The summed E-state index contributed by atoms with van der Waals surface area (Å²) in [6.45, 7) is 3.59. The van der Waals surface area contributed by atoms with Gasteiger partial charge in [0.05, 0.1) is 23.4 Å². The smallest absolute Gasteiger partial charge is 0.355 e. The van der Waals surface area contributed by atoms with Crippen molar-refractivity contribution in [3.63, 3.8) is 0 Å². The molecule has 0 fully saturated rings. The highest BCUT2D eigenvalue weighted by Crippen LogP contribution is 2.34. The zero-order valence-corrected chi connectivity index (χ0v) is 27.9. The van der Waals surface area contributed by atoms with E-state index in [-0.39, 0.29) is 18.1 Å². The van der Waals surface area contributed by atoms with Crippen LogP contribution >= 0.6 is 22.7 Å². The van der Waals surface area contributed by atoms with Gasteiger partial charge in [-0.3, -0.25) is 4.90 Å². The number of hydrogen-bond acceptors (Lipinski definition) is 12. The molecule has 244 valence electrons. The number of rotatable bonds is 14. The van der Waals surface area contributed by atoms with E-state index < -0.39 is 11.8 Å². The molecular formula is C33H35FN8O3S2. The Labute approximate surface area is 280 Å². The second-order valence-corrected chi connectivity index (χ2v) is 12.9. The Bertz CT molecular complexity index is 1880. The third-order valence-corrected chi connectivity index (χ3v) is 8.93. The molecule has 5 rings (SSSR count). The maximum absolute atomic E-state index is 14.6. The topological polar surface area (TPSA) is 143 Å².